The average molecular weight is 357 g/mol. The summed E-state index contributed by atoms with van der Waals surface area (Å²) in [5, 5.41) is 12.2. The molecule has 1 aromatic rings. The number of halogens is 1. The van der Waals surface area contributed by atoms with Crippen molar-refractivity contribution in [3.63, 3.8) is 0 Å². The Bertz CT molecular complexity index is 489. The lowest BCUT2D eigenvalue weighted by molar-refractivity contribution is 0.318. The van der Waals surface area contributed by atoms with Gasteiger partial charge in [0.1, 0.15) is 0 Å². The molecule has 0 radical (unpaired) electrons. The Morgan fingerprint density at radius 1 is 1.33 bits per heavy atom. The fourth-order valence-electron chi connectivity index (χ4n) is 2.15. The van der Waals surface area contributed by atoms with Crippen LogP contribution in [-0.2, 0) is 0 Å². The number of likely N-dealkylation sites (N-methyl/N-ethyl adjacent to an activating group) is 1. The Labute approximate surface area is 135 Å². The van der Waals surface area contributed by atoms with Gasteiger partial charge in [-0.05, 0) is 48.1 Å². The highest BCUT2D eigenvalue weighted by Crippen LogP contribution is 2.28. The molecule has 0 unspecified atom stereocenters. The van der Waals surface area contributed by atoms with Crippen LogP contribution in [0.5, 0.6) is 0 Å². The van der Waals surface area contributed by atoms with Gasteiger partial charge >= 0.3 is 0 Å². The van der Waals surface area contributed by atoms with Gasteiger partial charge in [0.15, 0.2) is 5.84 Å². The molecule has 0 saturated carbocycles. The van der Waals surface area contributed by atoms with E-state index in [-0.39, 0.29) is 5.84 Å². The van der Waals surface area contributed by atoms with Gasteiger partial charge in [-0.1, -0.05) is 25.1 Å². The molecule has 0 saturated heterocycles. The van der Waals surface area contributed by atoms with Gasteiger partial charge in [0.05, 0.1) is 5.56 Å². The largest absolute Gasteiger partial charge is 0.409 e. The van der Waals surface area contributed by atoms with Crippen molar-refractivity contribution in [1.82, 2.24) is 4.90 Å². The molecule has 5 nitrogen and oxygen atoms in total. The number of nitrogens with zero attached hydrogens (tertiary/aromatic N) is 3. The summed E-state index contributed by atoms with van der Waals surface area (Å²) >= 11 is 3.49. The van der Waals surface area contributed by atoms with E-state index in [1.54, 1.807) is 0 Å². The van der Waals surface area contributed by atoms with Crippen LogP contribution in [0.2, 0.25) is 0 Å². The molecular formula is C15H25BrN4O. The van der Waals surface area contributed by atoms with Crippen LogP contribution in [0.15, 0.2) is 27.8 Å². The molecule has 0 spiro atoms. The molecule has 3 N–H and O–H groups in total. The fraction of sp³-hybridized carbons (Fsp3) is 0.533. The summed E-state index contributed by atoms with van der Waals surface area (Å²) < 4.78 is 0.828. The minimum Gasteiger partial charge on any atom is -0.409 e. The number of amidine groups is 1. The number of hydrogen-bond donors (Lipinski definition) is 2. The van der Waals surface area contributed by atoms with Crippen molar-refractivity contribution in [3.8, 4) is 0 Å². The number of anilines is 1. The van der Waals surface area contributed by atoms with Crippen LogP contribution < -0.4 is 10.6 Å². The van der Waals surface area contributed by atoms with Gasteiger partial charge in [-0.15, -0.1) is 0 Å². The number of hydrogen-bond acceptors (Lipinski definition) is 4. The van der Waals surface area contributed by atoms with E-state index in [0.717, 1.165) is 35.4 Å². The van der Waals surface area contributed by atoms with Crippen LogP contribution in [0.4, 0.5) is 5.69 Å². The molecule has 6 heteroatoms. The molecule has 0 fully saturated rings. The van der Waals surface area contributed by atoms with Gasteiger partial charge in [-0.25, -0.2) is 0 Å². The standard InChI is InChI=1S/C15H25BrN4O/c1-11(2)10-20(9-8-19(3)4)13-7-5-6-12(16)14(13)15(17)18-21/h5-7,11,21H,8-10H2,1-4H3,(H2,17,18). The van der Waals surface area contributed by atoms with Crippen LogP contribution in [0.3, 0.4) is 0 Å². The highest BCUT2D eigenvalue weighted by molar-refractivity contribution is 9.10. The molecule has 0 heterocycles. The summed E-state index contributed by atoms with van der Waals surface area (Å²) in [6.07, 6.45) is 0. The molecule has 1 aromatic carbocycles. The number of benzene rings is 1. The third-order valence-electron chi connectivity index (χ3n) is 3.10. The Morgan fingerprint density at radius 3 is 2.52 bits per heavy atom. The Kier molecular flexibility index (Phi) is 6.98. The van der Waals surface area contributed by atoms with Crippen molar-refractivity contribution in [2.24, 2.45) is 16.8 Å². The molecule has 0 amide bonds. The summed E-state index contributed by atoms with van der Waals surface area (Å²) in [4.78, 5) is 4.43. The summed E-state index contributed by atoms with van der Waals surface area (Å²) in [6.45, 7) is 7.10. The number of nitrogens with two attached hydrogens (primary N) is 1. The van der Waals surface area contributed by atoms with Gasteiger partial charge in [-0.2, -0.15) is 0 Å². The van der Waals surface area contributed by atoms with E-state index in [1.165, 1.54) is 0 Å². The molecule has 0 aromatic heterocycles. The van der Waals surface area contributed by atoms with Crippen molar-refractivity contribution in [1.29, 1.82) is 0 Å². The van der Waals surface area contributed by atoms with Crippen molar-refractivity contribution in [2.45, 2.75) is 13.8 Å². The third kappa shape index (κ3) is 5.21. The number of rotatable bonds is 7. The summed E-state index contributed by atoms with van der Waals surface area (Å²) in [5.74, 6) is 0.641. The van der Waals surface area contributed by atoms with E-state index >= 15 is 0 Å². The van der Waals surface area contributed by atoms with E-state index < -0.39 is 0 Å². The van der Waals surface area contributed by atoms with E-state index in [0.29, 0.717) is 5.92 Å². The zero-order valence-corrected chi connectivity index (χ0v) is 14.8. The average Bonchev–Trinajstić information content (AvgIpc) is 2.41. The van der Waals surface area contributed by atoms with Crippen LogP contribution in [0.1, 0.15) is 19.4 Å². The molecule has 0 aliphatic rings. The monoisotopic (exact) mass is 356 g/mol. The second kappa shape index (κ2) is 8.24. The molecule has 0 aliphatic carbocycles. The van der Waals surface area contributed by atoms with E-state index in [4.69, 9.17) is 10.9 Å². The minimum atomic E-state index is 0.121. The summed E-state index contributed by atoms with van der Waals surface area (Å²) in [5.41, 5.74) is 7.57. The first-order valence-corrected chi connectivity index (χ1v) is 7.82. The molecule has 1 rings (SSSR count). The molecule has 0 atom stereocenters. The van der Waals surface area contributed by atoms with Crippen molar-refractivity contribution >= 4 is 27.5 Å². The van der Waals surface area contributed by atoms with Crippen LogP contribution in [0.25, 0.3) is 0 Å². The highest BCUT2D eigenvalue weighted by atomic mass is 79.9. The van der Waals surface area contributed by atoms with Gasteiger partial charge in [0.25, 0.3) is 0 Å². The quantitative estimate of drug-likeness (QED) is 0.341. The Hall–Kier alpha value is -1.27. The maximum Gasteiger partial charge on any atom is 0.173 e. The molecule has 0 aliphatic heterocycles. The maximum atomic E-state index is 9.03. The molecular weight excluding hydrogens is 332 g/mol. The maximum absolute atomic E-state index is 9.03. The Morgan fingerprint density at radius 2 is 2.00 bits per heavy atom. The first kappa shape index (κ1) is 17.8. The SMILES string of the molecule is CC(C)CN(CCN(C)C)c1cccc(Br)c1/C(N)=N/O. The Balaban J connectivity index is 3.20. The normalized spacial score (nSPS) is 12.2. The highest BCUT2D eigenvalue weighted by Gasteiger charge is 2.17. The lowest BCUT2D eigenvalue weighted by Gasteiger charge is -2.30. The van der Waals surface area contributed by atoms with Crippen molar-refractivity contribution in [2.75, 3.05) is 38.6 Å². The van der Waals surface area contributed by atoms with E-state index in [9.17, 15) is 0 Å². The predicted molar refractivity (Wildman–Crippen MR) is 92.3 cm³/mol. The third-order valence-corrected chi connectivity index (χ3v) is 3.76. The topological polar surface area (TPSA) is 65.1 Å². The fourth-order valence-corrected chi connectivity index (χ4v) is 2.71. The van der Waals surface area contributed by atoms with Crippen LogP contribution in [0, 0.1) is 5.92 Å². The molecule has 118 valence electrons. The van der Waals surface area contributed by atoms with E-state index in [2.05, 4.69) is 58.8 Å². The first-order chi connectivity index (χ1) is 9.86. The van der Waals surface area contributed by atoms with E-state index in [1.807, 2.05) is 18.2 Å². The molecule has 21 heavy (non-hydrogen) atoms. The second-order valence-corrected chi connectivity index (χ2v) is 6.62. The van der Waals surface area contributed by atoms with Crippen LogP contribution >= 0.6 is 15.9 Å². The summed E-state index contributed by atoms with van der Waals surface area (Å²) in [6, 6.07) is 5.88. The predicted octanol–water partition coefficient (Wildman–Crippen LogP) is 2.57. The van der Waals surface area contributed by atoms with Gasteiger partial charge < -0.3 is 20.7 Å². The lowest BCUT2D eigenvalue weighted by atomic mass is 10.1. The minimum absolute atomic E-state index is 0.121. The lowest BCUT2D eigenvalue weighted by Crippen LogP contribution is -2.36. The van der Waals surface area contributed by atoms with Gasteiger partial charge in [0, 0.05) is 29.8 Å². The number of oxime groups is 1. The second-order valence-electron chi connectivity index (χ2n) is 5.76. The van der Waals surface area contributed by atoms with Gasteiger partial charge in [0.2, 0.25) is 0 Å². The van der Waals surface area contributed by atoms with Crippen LogP contribution in [-0.4, -0.2) is 49.7 Å². The van der Waals surface area contributed by atoms with Gasteiger partial charge in [-0.3, -0.25) is 0 Å². The van der Waals surface area contributed by atoms with Crippen molar-refractivity contribution in [3.05, 3.63) is 28.2 Å². The zero-order valence-electron chi connectivity index (χ0n) is 13.2. The smallest absolute Gasteiger partial charge is 0.173 e. The first-order valence-electron chi connectivity index (χ1n) is 7.02. The van der Waals surface area contributed by atoms with Crippen molar-refractivity contribution < 1.29 is 5.21 Å². The molecule has 0 bridgehead atoms. The summed E-state index contributed by atoms with van der Waals surface area (Å²) in [7, 11) is 4.11. The zero-order chi connectivity index (χ0) is 16.0.